The number of halogens is 1. The average molecular weight is 409 g/mol. The lowest BCUT2D eigenvalue weighted by Gasteiger charge is -2.34. The molecule has 3 rings (SSSR count). The van der Waals surface area contributed by atoms with Gasteiger partial charge < -0.3 is 10.2 Å². The maximum Gasteiger partial charge on any atom is 0.294 e. The number of benzene rings is 1. The van der Waals surface area contributed by atoms with E-state index in [0.29, 0.717) is 31.1 Å². The van der Waals surface area contributed by atoms with Gasteiger partial charge in [0.2, 0.25) is 5.91 Å². The van der Waals surface area contributed by atoms with Crippen LogP contribution in [0.3, 0.4) is 0 Å². The van der Waals surface area contributed by atoms with E-state index in [9.17, 15) is 19.7 Å². The van der Waals surface area contributed by atoms with Crippen molar-refractivity contribution in [1.29, 1.82) is 0 Å². The highest BCUT2D eigenvalue weighted by Crippen LogP contribution is 2.27. The smallest absolute Gasteiger partial charge is 0.294 e. The van der Waals surface area contributed by atoms with E-state index in [2.05, 4.69) is 5.32 Å². The molecule has 8 nitrogen and oxygen atoms in total. The third-order valence-corrected chi connectivity index (χ3v) is 5.28. The van der Waals surface area contributed by atoms with Crippen molar-refractivity contribution in [2.45, 2.75) is 0 Å². The summed E-state index contributed by atoms with van der Waals surface area (Å²) in [5.74, 6) is -0.343. The molecule has 0 atom stereocenters. The second-order valence-electron chi connectivity index (χ2n) is 6.01. The molecule has 1 fully saturated rings. The van der Waals surface area contributed by atoms with Gasteiger partial charge in [0.1, 0.15) is 5.69 Å². The van der Waals surface area contributed by atoms with Crippen LogP contribution in [-0.2, 0) is 4.79 Å². The number of hydrogen-bond donors (Lipinski definition) is 1. The topological polar surface area (TPSA) is 95.8 Å². The van der Waals surface area contributed by atoms with Gasteiger partial charge in [-0.15, -0.1) is 11.3 Å². The Bertz CT molecular complexity index is 851. The highest BCUT2D eigenvalue weighted by Gasteiger charge is 2.24. The average Bonchev–Trinajstić information content (AvgIpc) is 3.18. The number of nitro groups is 1. The number of nitro benzene ring substituents is 1. The van der Waals surface area contributed by atoms with Crippen LogP contribution in [0.1, 0.15) is 9.67 Å². The lowest BCUT2D eigenvalue weighted by Crippen LogP contribution is -2.50. The zero-order valence-electron chi connectivity index (χ0n) is 14.3. The fourth-order valence-corrected chi connectivity index (χ4v) is 3.68. The number of carbonyl (C=O) groups excluding carboxylic acids is 2. The Morgan fingerprint density at radius 2 is 1.96 bits per heavy atom. The predicted octanol–water partition coefficient (Wildman–Crippen LogP) is 2.71. The lowest BCUT2D eigenvalue weighted by molar-refractivity contribution is -0.383. The van der Waals surface area contributed by atoms with Crippen molar-refractivity contribution in [3.8, 4) is 0 Å². The number of carbonyl (C=O) groups is 2. The minimum atomic E-state index is -0.587. The van der Waals surface area contributed by atoms with Crippen molar-refractivity contribution in [2.75, 3.05) is 38.0 Å². The van der Waals surface area contributed by atoms with Gasteiger partial charge >= 0.3 is 0 Å². The number of rotatable bonds is 5. The summed E-state index contributed by atoms with van der Waals surface area (Å²) >= 11 is 7.18. The molecular formula is C17H17ClN4O4S. The van der Waals surface area contributed by atoms with Crippen molar-refractivity contribution in [2.24, 2.45) is 0 Å². The molecule has 1 saturated heterocycles. The SMILES string of the molecule is O=C(CN1CCN(C(=O)c2cccs2)CC1)Nc1ccc(Cl)cc1[N+](=O)[O-]. The summed E-state index contributed by atoms with van der Waals surface area (Å²) in [6.45, 7) is 2.29. The van der Waals surface area contributed by atoms with E-state index in [1.54, 1.807) is 11.0 Å². The molecule has 1 aromatic heterocycles. The van der Waals surface area contributed by atoms with E-state index in [4.69, 9.17) is 11.6 Å². The first-order valence-electron chi connectivity index (χ1n) is 8.23. The Morgan fingerprint density at radius 3 is 2.59 bits per heavy atom. The number of amides is 2. The fourth-order valence-electron chi connectivity index (χ4n) is 2.82. The number of hydrogen-bond acceptors (Lipinski definition) is 6. The van der Waals surface area contributed by atoms with E-state index in [0.717, 1.165) is 0 Å². The minimum absolute atomic E-state index is 0.00545. The molecule has 2 heterocycles. The van der Waals surface area contributed by atoms with Crippen molar-refractivity contribution in [3.63, 3.8) is 0 Å². The van der Waals surface area contributed by atoms with E-state index < -0.39 is 4.92 Å². The highest BCUT2D eigenvalue weighted by atomic mass is 35.5. The molecule has 0 unspecified atom stereocenters. The summed E-state index contributed by atoms with van der Waals surface area (Å²) in [6, 6.07) is 7.74. The molecule has 0 aliphatic carbocycles. The Hall–Kier alpha value is -2.49. The minimum Gasteiger partial charge on any atom is -0.335 e. The van der Waals surface area contributed by atoms with Crippen LogP contribution < -0.4 is 5.32 Å². The second kappa shape index (κ2) is 8.47. The Kier molecular flexibility index (Phi) is 6.04. The van der Waals surface area contributed by atoms with E-state index in [1.807, 2.05) is 16.3 Å². The fraction of sp³-hybridized carbons (Fsp3) is 0.294. The third kappa shape index (κ3) is 4.82. The standard InChI is InChI=1S/C17H17ClN4O4S/c18-12-3-4-13(14(10-12)22(25)26)19-16(23)11-20-5-7-21(8-6-20)17(24)15-2-1-9-27-15/h1-4,9-10H,5-8,11H2,(H,19,23). The van der Waals surface area contributed by atoms with Crippen molar-refractivity contribution >= 4 is 46.1 Å². The monoisotopic (exact) mass is 408 g/mol. The quantitative estimate of drug-likeness (QED) is 0.606. The van der Waals surface area contributed by atoms with Gasteiger partial charge in [0, 0.05) is 37.3 Å². The Labute approximate surface area is 164 Å². The highest BCUT2D eigenvalue weighted by molar-refractivity contribution is 7.12. The summed E-state index contributed by atoms with van der Waals surface area (Å²) in [6.07, 6.45) is 0. The first-order chi connectivity index (χ1) is 12.9. The maximum absolute atomic E-state index is 12.3. The summed E-state index contributed by atoms with van der Waals surface area (Å²) in [5, 5.41) is 15.7. The molecule has 0 spiro atoms. The molecule has 1 aromatic carbocycles. The van der Waals surface area contributed by atoms with Crippen molar-refractivity contribution < 1.29 is 14.5 Å². The van der Waals surface area contributed by atoms with Gasteiger partial charge in [0.25, 0.3) is 11.6 Å². The molecule has 1 N–H and O–H groups in total. The van der Waals surface area contributed by atoms with Gasteiger partial charge in [-0.05, 0) is 23.6 Å². The van der Waals surface area contributed by atoms with Crippen LogP contribution in [-0.4, -0.2) is 59.3 Å². The number of nitrogens with one attached hydrogen (secondary N) is 1. The van der Waals surface area contributed by atoms with E-state index in [1.165, 1.54) is 29.5 Å². The number of anilines is 1. The van der Waals surface area contributed by atoms with Gasteiger partial charge in [-0.3, -0.25) is 24.6 Å². The molecule has 27 heavy (non-hydrogen) atoms. The first-order valence-corrected chi connectivity index (χ1v) is 9.49. The molecule has 1 aliphatic heterocycles. The van der Waals surface area contributed by atoms with Gasteiger partial charge in [-0.2, -0.15) is 0 Å². The van der Waals surface area contributed by atoms with Crippen LogP contribution >= 0.6 is 22.9 Å². The molecule has 1 aliphatic rings. The maximum atomic E-state index is 12.3. The molecule has 0 saturated carbocycles. The molecule has 2 amide bonds. The summed E-state index contributed by atoms with van der Waals surface area (Å²) in [7, 11) is 0. The molecule has 10 heteroatoms. The summed E-state index contributed by atoms with van der Waals surface area (Å²) in [5.41, 5.74) is -0.136. The zero-order chi connectivity index (χ0) is 19.4. The van der Waals surface area contributed by atoms with Crippen LogP contribution in [0.4, 0.5) is 11.4 Å². The predicted molar refractivity (Wildman–Crippen MR) is 103 cm³/mol. The molecule has 0 radical (unpaired) electrons. The Morgan fingerprint density at radius 1 is 1.22 bits per heavy atom. The largest absolute Gasteiger partial charge is 0.335 e. The molecule has 142 valence electrons. The van der Waals surface area contributed by atoms with Crippen LogP contribution in [0.2, 0.25) is 5.02 Å². The van der Waals surface area contributed by atoms with E-state index >= 15 is 0 Å². The number of thiophene rings is 1. The van der Waals surface area contributed by atoms with Gasteiger partial charge in [0.15, 0.2) is 0 Å². The first kappa shape index (κ1) is 19.3. The third-order valence-electron chi connectivity index (χ3n) is 4.19. The Balaban J connectivity index is 1.53. The summed E-state index contributed by atoms with van der Waals surface area (Å²) < 4.78 is 0. The second-order valence-corrected chi connectivity index (χ2v) is 7.40. The van der Waals surface area contributed by atoms with Crippen molar-refractivity contribution in [3.05, 3.63) is 55.7 Å². The number of nitrogens with zero attached hydrogens (tertiary/aromatic N) is 3. The van der Waals surface area contributed by atoms with Gasteiger partial charge in [-0.1, -0.05) is 17.7 Å². The van der Waals surface area contributed by atoms with Crippen LogP contribution in [0.15, 0.2) is 35.7 Å². The molecule has 0 bridgehead atoms. The number of piperazine rings is 1. The van der Waals surface area contributed by atoms with Crippen LogP contribution in [0.5, 0.6) is 0 Å². The summed E-state index contributed by atoms with van der Waals surface area (Å²) in [4.78, 5) is 39.5. The zero-order valence-corrected chi connectivity index (χ0v) is 15.8. The van der Waals surface area contributed by atoms with Crippen molar-refractivity contribution in [1.82, 2.24) is 9.80 Å². The molecule has 2 aromatic rings. The van der Waals surface area contributed by atoms with Crippen LogP contribution in [0, 0.1) is 10.1 Å². The normalized spacial score (nSPS) is 14.8. The van der Waals surface area contributed by atoms with Gasteiger partial charge in [-0.25, -0.2) is 0 Å². The molecular weight excluding hydrogens is 392 g/mol. The van der Waals surface area contributed by atoms with Crippen LogP contribution in [0.25, 0.3) is 0 Å². The lowest BCUT2D eigenvalue weighted by atomic mass is 10.2. The van der Waals surface area contributed by atoms with Gasteiger partial charge in [0.05, 0.1) is 16.3 Å². The van der Waals surface area contributed by atoms with E-state index in [-0.39, 0.29) is 34.8 Å².